The standard InChI is InChI=1S/C18H18N4O2S/c1-2-24-18(23)20-19-11-15-13-22(12-14-7-4-3-5-8-14)21-17(15)16-9-6-10-25-16/h3-11,13H,2,12H2,1H3,(H,20,23)/b19-11-. The van der Waals surface area contributed by atoms with Gasteiger partial charge in [0.1, 0.15) is 5.69 Å². The summed E-state index contributed by atoms with van der Waals surface area (Å²) in [6.45, 7) is 2.71. The van der Waals surface area contributed by atoms with Crippen molar-refractivity contribution < 1.29 is 9.53 Å². The van der Waals surface area contributed by atoms with Crippen molar-refractivity contribution in [3.8, 4) is 10.6 Å². The average Bonchev–Trinajstić information content (AvgIpc) is 3.26. The number of carbonyl (C=O) groups is 1. The molecule has 0 spiro atoms. The van der Waals surface area contributed by atoms with Crippen LogP contribution in [-0.2, 0) is 11.3 Å². The van der Waals surface area contributed by atoms with Gasteiger partial charge in [0.05, 0.1) is 24.2 Å². The Balaban J connectivity index is 1.82. The first-order valence-electron chi connectivity index (χ1n) is 7.87. The van der Waals surface area contributed by atoms with E-state index < -0.39 is 6.09 Å². The second kappa shape index (κ2) is 8.25. The van der Waals surface area contributed by atoms with Gasteiger partial charge < -0.3 is 4.74 Å². The highest BCUT2D eigenvalue weighted by atomic mass is 32.1. The summed E-state index contributed by atoms with van der Waals surface area (Å²) in [5.41, 5.74) is 5.16. The first-order valence-corrected chi connectivity index (χ1v) is 8.75. The molecule has 1 N–H and O–H groups in total. The van der Waals surface area contributed by atoms with Crippen LogP contribution in [0.4, 0.5) is 4.79 Å². The third kappa shape index (κ3) is 4.54. The van der Waals surface area contributed by atoms with Gasteiger partial charge in [-0.1, -0.05) is 36.4 Å². The number of amides is 1. The molecule has 3 aromatic rings. The molecule has 3 rings (SSSR count). The molecule has 0 radical (unpaired) electrons. The fourth-order valence-electron chi connectivity index (χ4n) is 2.31. The van der Waals surface area contributed by atoms with Crippen LogP contribution in [0.1, 0.15) is 18.1 Å². The lowest BCUT2D eigenvalue weighted by molar-refractivity contribution is 0.152. The lowest BCUT2D eigenvalue weighted by atomic mass is 10.2. The van der Waals surface area contributed by atoms with Crippen molar-refractivity contribution in [1.29, 1.82) is 0 Å². The van der Waals surface area contributed by atoms with Gasteiger partial charge in [-0.2, -0.15) is 10.2 Å². The predicted molar refractivity (Wildman–Crippen MR) is 98.8 cm³/mol. The van der Waals surface area contributed by atoms with Crippen molar-refractivity contribution >= 4 is 23.6 Å². The largest absolute Gasteiger partial charge is 0.449 e. The summed E-state index contributed by atoms with van der Waals surface area (Å²) in [5, 5.41) is 10.6. The normalized spacial score (nSPS) is 10.9. The number of hydrazone groups is 1. The van der Waals surface area contributed by atoms with E-state index in [4.69, 9.17) is 4.74 Å². The average molecular weight is 354 g/mol. The Hall–Kier alpha value is -2.93. The molecule has 2 heterocycles. The Morgan fingerprint density at radius 1 is 1.32 bits per heavy atom. The van der Waals surface area contributed by atoms with Crippen molar-refractivity contribution in [2.75, 3.05) is 6.61 Å². The van der Waals surface area contributed by atoms with Gasteiger partial charge in [0.25, 0.3) is 0 Å². The summed E-state index contributed by atoms with van der Waals surface area (Å²) in [7, 11) is 0. The molecule has 0 saturated carbocycles. The second-order valence-corrected chi connectivity index (χ2v) is 6.13. The van der Waals surface area contributed by atoms with Gasteiger partial charge in [-0.25, -0.2) is 10.2 Å². The molecule has 2 aromatic heterocycles. The van der Waals surface area contributed by atoms with Crippen molar-refractivity contribution in [3.63, 3.8) is 0 Å². The molecule has 0 aliphatic heterocycles. The van der Waals surface area contributed by atoms with Crippen LogP contribution in [-0.4, -0.2) is 28.7 Å². The minimum absolute atomic E-state index is 0.302. The summed E-state index contributed by atoms with van der Waals surface area (Å²) >= 11 is 1.61. The smallest absolute Gasteiger partial charge is 0.427 e. The monoisotopic (exact) mass is 354 g/mol. The Labute approximate surface area is 149 Å². The van der Waals surface area contributed by atoms with Gasteiger partial charge in [0.2, 0.25) is 0 Å². The SMILES string of the molecule is CCOC(=O)N/N=C\c1cn(Cc2ccccc2)nc1-c1cccs1. The lowest BCUT2D eigenvalue weighted by Crippen LogP contribution is -2.18. The molecule has 0 aliphatic rings. The van der Waals surface area contributed by atoms with Crippen LogP contribution in [0.25, 0.3) is 10.6 Å². The topological polar surface area (TPSA) is 68.5 Å². The number of hydrogen-bond acceptors (Lipinski definition) is 5. The maximum atomic E-state index is 11.3. The van der Waals surface area contributed by atoms with Crippen molar-refractivity contribution in [3.05, 3.63) is 65.2 Å². The van der Waals surface area contributed by atoms with Crippen molar-refractivity contribution in [2.45, 2.75) is 13.5 Å². The third-order valence-electron chi connectivity index (χ3n) is 3.37. The molecule has 6 nitrogen and oxygen atoms in total. The van der Waals surface area contributed by atoms with E-state index in [9.17, 15) is 4.79 Å². The highest BCUT2D eigenvalue weighted by Gasteiger charge is 2.11. The molecule has 0 saturated heterocycles. The number of nitrogens with one attached hydrogen (secondary N) is 1. The number of carbonyl (C=O) groups excluding carboxylic acids is 1. The molecule has 1 amide bonds. The van der Waals surface area contributed by atoms with Crippen molar-refractivity contribution in [1.82, 2.24) is 15.2 Å². The Bertz CT molecular complexity index is 841. The van der Waals surface area contributed by atoms with Crippen LogP contribution >= 0.6 is 11.3 Å². The molecule has 128 valence electrons. The van der Waals surface area contributed by atoms with E-state index in [1.54, 1.807) is 24.5 Å². The Kier molecular flexibility index (Phi) is 5.58. The van der Waals surface area contributed by atoms with Crippen LogP contribution in [0.15, 0.2) is 59.1 Å². The molecule has 25 heavy (non-hydrogen) atoms. The van der Waals surface area contributed by atoms with Gasteiger partial charge in [-0.15, -0.1) is 11.3 Å². The molecule has 0 bridgehead atoms. The van der Waals surface area contributed by atoms with Gasteiger partial charge in [-0.05, 0) is 23.9 Å². The minimum atomic E-state index is -0.576. The number of nitrogens with zero attached hydrogens (tertiary/aromatic N) is 3. The first-order chi connectivity index (χ1) is 12.3. The quantitative estimate of drug-likeness (QED) is 0.541. The zero-order chi connectivity index (χ0) is 17.5. The molecule has 0 atom stereocenters. The molecule has 0 aliphatic carbocycles. The number of ether oxygens (including phenoxy) is 1. The van der Waals surface area contributed by atoms with Crippen LogP contribution in [0.3, 0.4) is 0 Å². The third-order valence-corrected chi connectivity index (χ3v) is 4.24. The molecular formula is C18H18N4O2S. The van der Waals surface area contributed by atoms with Gasteiger partial charge >= 0.3 is 6.09 Å². The number of rotatable bonds is 6. The summed E-state index contributed by atoms with van der Waals surface area (Å²) in [6.07, 6.45) is 2.92. The zero-order valence-corrected chi connectivity index (χ0v) is 14.6. The van der Waals surface area contributed by atoms with Crippen LogP contribution in [0, 0.1) is 0 Å². The zero-order valence-electron chi connectivity index (χ0n) is 13.8. The van der Waals surface area contributed by atoms with Crippen LogP contribution in [0.2, 0.25) is 0 Å². The number of thiophene rings is 1. The number of aromatic nitrogens is 2. The maximum absolute atomic E-state index is 11.3. The highest BCUT2D eigenvalue weighted by Crippen LogP contribution is 2.26. The minimum Gasteiger partial charge on any atom is -0.449 e. The Morgan fingerprint density at radius 2 is 2.16 bits per heavy atom. The molecule has 7 heteroatoms. The van der Waals surface area contributed by atoms with E-state index in [2.05, 4.69) is 27.8 Å². The highest BCUT2D eigenvalue weighted by molar-refractivity contribution is 7.13. The van der Waals surface area contributed by atoms with E-state index in [0.29, 0.717) is 13.2 Å². The maximum Gasteiger partial charge on any atom is 0.427 e. The summed E-state index contributed by atoms with van der Waals surface area (Å²) in [6, 6.07) is 14.1. The van der Waals surface area contributed by atoms with Crippen molar-refractivity contribution in [2.24, 2.45) is 5.10 Å². The van der Waals surface area contributed by atoms with E-state index in [-0.39, 0.29) is 0 Å². The fourth-order valence-corrected chi connectivity index (χ4v) is 3.04. The van der Waals surface area contributed by atoms with E-state index in [1.807, 2.05) is 46.6 Å². The van der Waals surface area contributed by atoms with Gasteiger partial charge in [0, 0.05) is 11.8 Å². The first kappa shape index (κ1) is 16.9. The van der Waals surface area contributed by atoms with Gasteiger partial charge in [0.15, 0.2) is 0 Å². The summed E-state index contributed by atoms with van der Waals surface area (Å²) < 4.78 is 6.66. The Morgan fingerprint density at radius 3 is 2.88 bits per heavy atom. The van der Waals surface area contributed by atoms with E-state index in [0.717, 1.165) is 21.7 Å². The molecular weight excluding hydrogens is 336 g/mol. The lowest BCUT2D eigenvalue weighted by Gasteiger charge is -2.00. The van der Waals surface area contributed by atoms with E-state index in [1.165, 1.54) is 0 Å². The molecule has 1 aromatic carbocycles. The summed E-state index contributed by atoms with van der Waals surface area (Å²) in [4.78, 5) is 12.4. The summed E-state index contributed by atoms with van der Waals surface area (Å²) in [5.74, 6) is 0. The predicted octanol–water partition coefficient (Wildman–Crippen LogP) is 3.74. The van der Waals surface area contributed by atoms with E-state index >= 15 is 0 Å². The number of hydrogen-bond donors (Lipinski definition) is 1. The second-order valence-electron chi connectivity index (χ2n) is 5.18. The van der Waals surface area contributed by atoms with Crippen LogP contribution < -0.4 is 5.43 Å². The van der Waals surface area contributed by atoms with Gasteiger partial charge in [-0.3, -0.25) is 4.68 Å². The van der Waals surface area contributed by atoms with Crippen LogP contribution in [0.5, 0.6) is 0 Å². The molecule has 0 unspecified atom stereocenters. The fraction of sp³-hybridized carbons (Fsp3) is 0.167. The molecule has 0 fully saturated rings. The number of benzene rings is 1.